The number of fused-ring (bicyclic) bond motifs is 5. The number of carbonyl (C=O) groups is 1. The molecule has 5 aliphatic carbocycles. The van der Waals surface area contributed by atoms with E-state index < -0.39 is 0 Å². The van der Waals surface area contributed by atoms with E-state index in [1.54, 1.807) is 0 Å². The predicted octanol–water partition coefficient (Wildman–Crippen LogP) is 7.98. The van der Waals surface area contributed by atoms with Gasteiger partial charge in [-0.15, -0.1) is 0 Å². The molecule has 1 unspecified atom stereocenters. The Morgan fingerprint density at radius 1 is 0.865 bits per heavy atom. The number of hydrogen-bond donors (Lipinski definition) is 1. The second kappa shape index (κ2) is 11.1. The molecule has 0 radical (unpaired) electrons. The maximum Gasteiger partial charge on any atom is 0.220 e. The molecule has 1 amide bonds. The van der Waals surface area contributed by atoms with E-state index in [0.29, 0.717) is 22.7 Å². The molecule has 8 atom stereocenters. The minimum Gasteiger partial charge on any atom is -0.356 e. The second-order valence-electron chi connectivity index (χ2n) is 15.8. The Morgan fingerprint density at radius 2 is 1.59 bits per heavy atom. The summed E-state index contributed by atoms with van der Waals surface area (Å²) in [6.07, 6.45) is 23.4. The molecule has 3 heteroatoms. The monoisotopic (exact) mass is 513 g/mol. The van der Waals surface area contributed by atoms with Crippen molar-refractivity contribution in [2.45, 2.75) is 136 Å². The van der Waals surface area contributed by atoms with E-state index in [9.17, 15) is 4.79 Å². The summed E-state index contributed by atoms with van der Waals surface area (Å²) >= 11 is 0. The Bertz CT molecular complexity index is 787. The first-order chi connectivity index (χ1) is 17.6. The minimum atomic E-state index is 0.296. The number of amides is 1. The van der Waals surface area contributed by atoms with Gasteiger partial charge in [-0.25, -0.2) is 0 Å². The van der Waals surface area contributed by atoms with E-state index in [1.165, 1.54) is 96.4 Å². The molecule has 0 bridgehead atoms. The van der Waals surface area contributed by atoms with Gasteiger partial charge in [0.1, 0.15) is 0 Å². The van der Waals surface area contributed by atoms with Crippen LogP contribution in [0.3, 0.4) is 0 Å². The van der Waals surface area contributed by atoms with E-state index >= 15 is 0 Å². The van der Waals surface area contributed by atoms with Crippen molar-refractivity contribution in [1.82, 2.24) is 5.32 Å². The molecular weight excluding hydrogens is 452 g/mol. The number of rotatable bonds is 9. The highest BCUT2D eigenvalue weighted by Crippen LogP contribution is 2.68. The van der Waals surface area contributed by atoms with E-state index in [4.69, 9.17) is 0 Å². The first-order valence-electron chi connectivity index (χ1n) is 16.7. The first-order valence-corrected chi connectivity index (χ1v) is 16.7. The molecule has 5 aliphatic rings. The molecule has 0 spiro atoms. The molecule has 0 heterocycles. The summed E-state index contributed by atoms with van der Waals surface area (Å²) in [7, 11) is 4.78. The molecule has 5 saturated carbocycles. The Balaban J connectivity index is 1.08. The number of nitrogens with zero attached hydrogens (tertiary/aromatic N) is 1. The maximum absolute atomic E-state index is 12.7. The molecule has 0 saturated heterocycles. The quantitative estimate of drug-likeness (QED) is 0.246. The lowest BCUT2D eigenvalue weighted by atomic mass is 9.44. The summed E-state index contributed by atoms with van der Waals surface area (Å²) in [6, 6.07) is 0.837. The number of quaternary nitrogens is 1. The normalized spacial score (nSPS) is 41.1. The van der Waals surface area contributed by atoms with Crippen molar-refractivity contribution in [1.29, 1.82) is 0 Å². The molecule has 0 aromatic rings. The highest BCUT2D eigenvalue weighted by Gasteiger charge is 2.60. The number of nitrogens with one attached hydrogen (secondary N) is 1. The molecule has 0 aromatic heterocycles. The molecule has 0 aromatic carbocycles. The van der Waals surface area contributed by atoms with E-state index in [2.05, 4.69) is 40.2 Å². The van der Waals surface area contributed by atoms with Crippen molar-refractivity contribution in [2.24, 2.45) is 46.3 Å². The molecule has 3 nitrogen and oxygen atoms in total. The van der Waals surface area contributed by atoms with Crippen LogP contribution in [0.2, 0.25) is 0 Å². The standard InChI is InChI=1S/C34H60N2O/c1-25(14-19-32(37)35-23-10-24-36(4,5)27-12-6-7-13-27)29-17-18-30-28-16-15-26-11-8-9-21-33(26,2)31(28)20-22-34(29,30)3/h25-31H,6-24H2,1-5H3/p+1/t25-,26?,28+,29-,30+,31+,33+,34-/m1/s1. The third kappa shape index (κ3) is 5.43. The van der Waals surface area contributed by atoms with E-state index in [1.807, 2.05) is 0 Å². The van der Waals surface area contributed by atoms with Crippen molar-refractivity contribution in [3.63, 3.8) is 0 Å². The van der Waals surface area contributed by atoms with Gasteiger partial charge >= 0.3 is 0 Å². The van der Waals surface area contributed by atoms with Crippen LogP contribution in [0.25, 0.3) is 0 Å². The molecule has 5 rings (SSSR count). The zero-order valence-corrected chi connectivity index (χ0v) is 25.3. The van der Waals surface area contributed by atoms with Crippen LogP contribution in [0.5, 0.6) is 0 Å². The van der Waals surface area contributed by atoms with Crippen molar-refractivity contribution in [2.75, 3.05) is 27.2 Å². The summed E-state index contributed by atoms with van der Waals surface area (Å²) in [4.78, 5) is 12.7. The van der Waals surface area contributed by atoms with Crippen molar-refractivity contribution in [3.8, 4) is 0 Å². The topological polar surface area (TPSA) is 29.1 Å². The van der Waals surface area contributed by atoms with Crippen LogP contribution < -0.4 is 5.32 Å². The van der Waals surface area contributed by atoms with E-state index in [-0.39, 0.29) is 0 Å². The van der Waals surface area contributed by atoms with Gasteiger partial charge in [0.25, 0.3) is 0 Å². The first kappa shape index (κ1) is 28.0. The van der Waals surface area contributed by atoms with Crippen LogP contribution in [0, 0.1) is 46.3 Å². The smallest absolute Gasteiger partial charge is 0.220 e. The van der Waals surface area contributed by atoms with Gasteiger partial charge in [0, 0.05) is 19.4 Å². The minimum absolute atomic E-state index is 0.296. The summed E-state index contributed by atoms with van der Waals surface area (Å²) in [5.41, 5.74) is 1.17. The summed E-state index contributed by atoms with van der Waals surface area (Å²) < 4.78 is 1.13. The van der Waals surface area contributed by atoms with Gasteiger partial charge in [-0.05, 0) is 130 Å². The lowest BCUT2D eigenvalue weighted by Crippen LogP contribution is -2.53. The SMILES string of the molecule is C[C@H](CCC(=O)NCCC[N+](C)(C)C1CCCC1)[C@H]1CC[C@H]2[C@@H]3CCC4CCCC[C@]4(C)[C@H]3CC[C@]12C. The van der Waals surface area contributed by atoms with Gasteiger partial charge in [0.2, 0.25) is 5.91 Å². The molecule has 0 aliphatic heterocycles. The second-order valence-corrected chi connectivity index (χ2v) is 15.8. The van der Waals surface area contributed by atoms with Gasteiger partial charge in [-0.2, -0.15) is 0 Å². The fraction of sp³-hybridized carbons (Fsp3) is 0.971. The van der Waals surface area contributed by atoms with Crippen LogP contribution in [0.1, 0.15) is 130 Å². The van der Waals surface area contributed by atoms with Gasteiger partial charge < -0.3 is 9.80 Å². The van der Waals surface area contributed by atoms with Gasteiger partial charge in [0.05, 0.1) is 26.7 Å². The highest BCUT2D eigenvalue weighted by molar-refractivity contribution is 5.75. The summed E-state index contributed by atoms with van der Waals surface area (Å²) in [6.45, 7) is 9.91. The average Bonchev–Trinajstić information content (AvgIpc) is 3.53. The predicted molar refractivity (Wildman–Crippen MR) is 155 cm³/mol. The van der Waals surface area contributed by atoms with Crippen molar-refractivity contribution >= 4 is 5.91 Å². The fourth-order valence-electron chi connectivity index (χ4n) is 11.4. The number of hydrogen-bond acceptors (Lipinski definition) is 1. The molecule has 212 valence electrons. The van der Waals surface area contributed by atoms with Crippen LogP contribution >= 0.6 is 0 Å². The molecule has 5 fully saturated rings. The highest BCUT2D eigenvalue weighted by atomic mass is 16.1. The summed E-state index contributed by atoms with van der Waals surface area (Å²) in [5, 5.41) is 3.28. The lowest BCUT2D eigenvalue weighted by Gasteiger charge is -2.61. The zero-order chi connectivity index (χ0) is 26.3. The molecular formula is C34H61N2O+. The van der Waals surface area contributed by atoms with Crippen LogP contribution in [-0.2, 0) is 4.79 Å². The van der Waals surface area contributed by atoms with Gasteiger partial charge in [0.15, 0.2) is 0 Å². The van der Waals surface area contributed by atoms with Gasteiger partial charge in [-0.3, -0.25) is 4.79 Å². The average molecular weight is 514 g/mol. The Labute approximate surface area is 229 Å². The fourth-order valence-corrected chi connectivity index (χ4v) is 11.4. The third-order valence-electron chi connectivity index (χ3n) is 13.7. The molecule has 37 heavy (non-hydrogen) atoms. The summed E-state index contributed by atoms with van der Waals surface area (Å²) in [5.74, 6) is 5.77. The Hall–Kier alpha value is -0.570. The van der Waals surface area contributed by atoms with Crippen LogP contribution in [0.15, 0.2) is 0 Å². The molecule has 1 N–H and O–H groups in total. The zero-order valence-electron chi connectivity index (χ0n) is 25.3. The van der Waals surface area contributed by atoms with Crippen LogP contribution in [0.4, 0.5) is 0 Å². The largest absolute Gasteiger partial charge is 0.356 e. The Kier molecular flexibility index (Phi) is 8.42. The van der Waals surface area contributed by atoms with Gasteiger partial charge in [-0.1, -0.05) is 33.6 Å². The van der Waals surface area contributed by atoms with E-state index in [0.717, 1.165) is 65.9 Å². The number of carbonyl (C=O) groups excluding carboxylic acids is 1. The van der Waals surface area contributed by atoms with Crippen molar-refractivity contribution in [3.05, 3.63) is 0 Å². The van der Waals surface area contributed by atoms with Crippen LogP contribution in [-0.4, -0.2) is 43.6 Å². The third-order valence-corrected chi connectivity index (χ3v) is 13.7. The Morgan fingerprint density at radius 3 is 2.38 bits per heavy atom. The maximum atomic E-state index is 12.7. The van der Waals surface area contributed by atoms with Crippen molar-refractivity contribution < 1.29 is 9.28 Å². The lowest BCUT2D eigenvalue weighted by molar-refractivity contribution is -0.914.